The summed E-state index contributed by atoms with van der Waals surface area (Å²) in [4.78, 5) is 3.19. The van der Waals surface area contributed by atoms with E-state index in [1.165, 1.54) is 41.4 Å². The van der Waals surface area contributed by atoms with E-state index < -0.39 is 11.7 Å². The Balaban J connectivity index is -0.000000294. The van der Waals surface area contributed by atoms with E-state index in [1.54, 1.807) is 18.0 Å². The van der Waals surface area contributed by atoms with Gasteiger partial charge >= 0.3 is 6.18 Å². The topological polar surface area (TPSA) is 6.48 Å². The second-order valence-corrected chi connectivity index (χ2v) is 9.71. The molecule has 1 aliphatic heterocycles. The molecule has 1 saturated heterocycles. The average molecular weight is 665 g/mol. The number of aryl methyl sites for hydroxylation is 2. The molecule has 0 spiro atoms. The zero-order valence-electron chi connectivity index (χ0n) is 30.8. The van der Waals surface area contributed by atoms with Crippen molar-refractivity contribution in [3.8, 4) is 0 Å². The zero-order valence-corrected chi connectivity index (χ0v) is 32.4. The molecule has 1 heterocycles. The van der Waals surface area contributed by atoms with Gasteiger partial charge in [-0.15, -0.1) is 13.2 Å². The number of alkyl halides is 3. The Morgan fingerprint density at radius 3 is 1.68 bits per heavy atom. The predicted molar refractivity (Wildman–Crippen MR) is 200 cm³/mol. The van der Waals surface area contributed by atoms with Crippen LogP contribution >= 0.6 is 23.5 Å². The van der Waals surface area contributed by atoms with E-state index in [9.17, 15) is 13.2 Å². The van der Waals surface area contributed by atoms with Gasteiger partial charge in [0.2, 0.25) is 0 Å². The molecular weight excluding hydrogens is 597 g/mol. The molecule has 7 heteroatoms. The minimum Gasteiger partial charge on any atom is -0.369 e. The molecule has 3 rings (SSSR count). The van der Waals surface area contributed by atoms with Crippen molar-refractivity contribution < 1.29 is 13.2 Å². The third-order valence-electron chi connectivity index (χ3n) is 5.17. The lowest BCUT2D eigenvalue weighted by Gasteiger charge is -2.35. The van der Waals surface area contributed by atoms with Gasteiger partial charge in [0.1, 0.15) is 0 Å². The lowest BCUT2D eigenvalue weighted by atomic mass is 10.0. The van der Waals surface area contributed by atoms with Crippen LogP contribution in [0.2, 0.25) is 5.02 Å². The van der Waals surface area contributed by atoms with Crippen molar-refractivity contribution in [3.63, 3.8) is 0 Å². The van der Waals surface area contributed by atoms with E-state index >= 15 is 0 Å². The van der Waals surface area contributed by atoms with E-state index in [1.807, 2.05) is 74.1 Å². The minimum atomic E-state index is -4.39. The summed E-state index contributed by atoms with van der Waals surface area (Å²) < 4.78 is 41.5. The number of nitrogens with zero attached hydrogens (tertiary/aromatic N) is 2. The van der Waals surface area contributed by atoms with Crippen LogP contribution in [0.1, 0.15) is 126 Å². The summed E-state index contributed by atoms with van der Waals surface area (Å²) in [6.45, 7) is 37.5. The number of hydrogen-bond acceptors (Lipinski definition) is 3. The van der Waals surface area contributed by atoms with Crippen molar-refractivity contribution in [2.45, 2.75) is 134 Å². The van der Waals surface area contributed by atoms with E-state index in [2.05, 4.69) is 63.4 Å². The van der Waals surface area contributed by atoms with E-state index in [-0.39, 0.29) is 5.02 Å². The molecule has 44 heavy (non-hydrogen) atoms. The highest BCUT2D eigenvalue weighted by Crippen LogP contribution is 2.35. The van der Waals surface area contributed by atoms with Gasteiger partial charge in [-0.3, -0.25) is 0 Å². The van der Waals surface area contributed by atoms with Gasteiger partial charge in [0.05, 0.1) is 5.56 Å². The standard InChI is InChI=1S/C22H26ClF3N2S.C3H8.5C2H6.C2H4/c1-3-4-5-17-12-21(7-6-16(17)2)29-28-10-8-27(9-11-28)20-14-18(22(24,25)26)13-19(23)15-20;1-3-2;6*1-2/h6-7,12-15H,3-5,8-11H2,1-2H3;3H2,1-2H3;5*1-2H3;1-2H2. The summed E-state index contributed by atoms with van der Waals surface area (Å²) in [6.07, 6.45) is 0.324. The molecule has 0 saturated carbocycles. The van der Waals surface area contributed by atoms with Crippen LogP contribution in [0, 0.1) is 6.92 Å². The molecule has 2 aromatic carbocycles. The first-order valence-corrected chi connectivity index (χ1v) is 18.0. The molecule has 0 aliphatic carbocycles. The molecule has 0 bridgehead atoms. The predicted octanol–water partition coefficient (Wildman–Crippen LogP) is 14.2. The number of anilines is 1. The fourth-order valence-electron chi connectivity index (χ4n) is 3.45. The number of rotatable bonds is 6. The maximum Gasteiger partial charge on any atom is 0.416 e. The van der Waals surface area contributed by atoms with Gasteiger partial charge in [0, 0.05) is 41.8 Å². The highest BCUT2D eigenvalue weighted by molar-refractivity contribution is 7.97. The van der Waals surface area contributed by atoms with Crippen molar-refractivity contribution in [2.75, 3.05) is 31.1 Å². The van der Waals surface area contributed by atoms with Gasteiger partial charge in [0.15, 0.2) is 0 Å². The molecule has 2 aromatic rings. The number of hydrogen-bond donors (Lipinski definition) is 0. The molecule has 2 nitrogen and oxygen atoms in total. The van der Waals surface area contributed by atoms with Crippen LogP contribution in [0.4, 0.5) is 18.9 Å². The average Bonchev–Trinajstić information content (AvgIpc) is 3.07. The number of benzene rings is 2. The van der Waals surface area contributed by atoms with Gasteiger partial charge in [-0.1, -0.05) is 121 Å². The van der Waals surface area contributed by atoms with Crippen LogP contribution in [-0.4, -0.2) is 30.5 Å². The van der Waals surface area contributed by atoms with Crippen LogP contribution in [0.3, 0.4) is 0 Å². The molecule has 0 amide bonds. The second-order valence-electron chi connectivity index (χ2n) is 8.10. The maximum atomic E-state index is 13.1. The number of piperazine rings is 1. The largest absolute Gasteiger partial charge is 0.416 e. The molecule has 260 valence electrons. The van der Waals surface area contributed by atoms with Gasteiger partial charge in [-0.2, -0.15) is 13.2 Å². The number of halogens is 4. The third-order valence-corrected chi connectivity index (χ3v) is 6.47. The van der Waals surface area contributed by atoms with Crippen molar-refractivity contribution in [1.29, 1.82) is 0 Å². The molecule has 0 atom stereocenters. The van der Waals surface area contributed by atoms with Gasteiger partial charge in [-0.05, 0) is 73.2 Å². The van der Waals surface area contributed by atoms with E-state index in [0.717, 1.165) is 25.6 Å². The molecule has 1 aliphatic rings. The lowest BCUT2D eigenvalue weighted by molar-refractivity contribution is -0.137. The monoisotopic (exact) mass is 664 g/mol. The maximum absolute atomic E-state index is 13.1. The van der Waals surface area contributed by atoms with Gasteiger partial charge in [0.25, 0.3) is 0 Å². The Bertz CT molecular complexity index is 868. The van der Waals surface area contributed by atoms with Crippen LogP contribution < -0.4 is 4.90 Å². The van der Waals surface area contributed by atoms with Crippen LogP contribution in [0.25, 0.3) is 0 Å². The zero-order chi connectivity index (χ0) is 35.7. The first-order valence-electron chi connectivity index (χ1n) is 16.8. The van der Waals surface area contributed by atoms with Crippen molar-refractivity contribution in [2.24, 2.45) is 0 Å². The molecule has 0 aromatic heterocycles. The van der Waals surface area contributed by atoms with Gasteiger partial charge < -0.3 is 4.90 Å². The fourth-order valence-corrected chi connectivity index (χ4v) is 4.65. The Kier molecular flexibility index (Phi) is 42.3. The smallest absolute Gasteiger partial charge is 0.369 e. The summed E-state index contributed by atoms with van der Waals surface area (Å²) in [5, 5.41) is 0.117. The first-order chi connectivity index (χ1) is 21.2. The molecule has 0 unspecified atom stereocenters. The van der Waals surface area contributed by atoms with Crippen LogP contribution in [0.5, 0.6) is 0 Å². The summed E-state index contributed by atoms with van der Waals surface area (Å²) in [6, 6.07) is 10.4. The summed E-state index contributed by atoms with van der Waals surface area (Å²) >= 11 is 7.66. The van der Waals surface area contributed by atoms with Crippen LogP contribution in [-0.2, 0) is 12.6 Å². The van der Waals surface area contributed by atoms with Gasteiger partial charge in [-0.25, -0.2) is 4.31 Å². The normalized spacial score (nSPS) is 11.5. The molecule has 0 radical (unpaired) electrons. The molecular formula is C37H68ClF3N2S. The van der Waals surface area contributed by atoms with Crippen molar-refractivity contribution >= 4 is 29.2 Å². The molecule has 1 fully saturated rings. The van der Waals surface area contributed by atoms with E-state index in [4.69, 9.17) is 11.6 Å². The molecule has 0 N–H and O–H groups in total. The Morgan fingerprint density at radius 2 is 1.25 bits per heavy atom. The Morgan fingerprint density at radius 1 is 0.773 bits per heavy atom. The highest BCUT2D eigenvalue weighted by Gasteiger charge is 2.32. The minimum absolute atomic E-state index is 0.117. The highest BCUT2D eigenvalue weighted by atomic mass is 35.5. The van der Waals surface area contributed by atoms with E-state index in [0.29, 0.717) is 18.8 Å². The SMILES string of the molecule is C=C.CC.CC.CC.CC.CC.CCC.CCCCc1cc(SN2CCN(c3cc(Cl)cc(C(F)(F)F)c3)CC2)ccc1C. The summed E-state index contributed by atoms with van der Waals surface area (Å²) in [5.41, 5.74) is 2.56. The van der Waals surface area contributed by atoms with Crippen LogP contribution in [0.15, 0.2) is 54.5 Å². The first kappa shape index (κ1) is 51.9. The second kappa shape index (κ2) is 35.8. The lowest BCUT2D eigenvalue weighted by Crippen LogP contribution is -2.43. The third kappa shape index (κ3) is 23.7. The quantitative estimate of drug-likeness (QED) is 0.224. The fraction of sp³-hybridized carbons (Fsp3) is 0.622. The van der Waals surface area contributed by atoms with Crippen molar-refractivity contribution in [3.05, 3.63) is 71.3 Å². The number of unbranched alkanes of at least 4 members (excludes halogenated alkanes) is 1. The Labute approximate surface area is 282 Å². The van der Waals surface area contributed by atoms with Crippen molar-refractivity contribution in [1.82, 2.24) is 4.31 Å². The summed E-state index contributed by atoms with van der Waals surface area (Å²) in [7, 11) is 0. The Hall–Kier alpha value is -1.63. The summed E-state index contributed by atoms with van der Waals surface area (Å²) in [5.74, 6) is 0.